The Morgan fingerprint density at radius 1 is 1.30 bits per heavy atom. The Bertz CT molecular complexity index is 567. The van der Waals surface area contributed by atoms with Crippen LogP contribution in [-0.2, 0) is 10.0 Å². The molecular weight excluding hydrogens is 272 g/mol. The molecule has 1 aliphatic rings. The molecule has 20 heavy (non-hydrogen) atoms. The molecule has 1 aromatic rings. The minimum absolute atomic E-state index is 0.412. The molecule has 0 saturated carbocycles. The van der Waals surface area contributed by atoms with Gasteiger partial charge < -0.3 is 5.32 Å². The lowest BCUT2D eigenvalue weighted by atomic mass is 10.00. The van der Waals surface area contributed by atoms with Crippen molar-refractivity contribution in [2.45, 2.75) is 31.6 Å². The van der Waals surface area contributed by atoms with Crippen LogP contribution in [0.4, 0.5) is 0 Å². The first-order valence-electron chi connectivity index (χ1n) is 7.17. The minimum Gasteiger partial charge on any atom is -0.319 e. The number of rotatable bonds is 4. The quantitative estimate of drug-likeness (QED) is 0.923. The molecule has 0 aliphatic carbocycles. The predicted molar refractivity (Wildman–Crippen MR) is 81.3 cm³/mol. The van der Waals surface area contributed by atoms with Crippen molar-refractivity contribution in [3.05, 3.63) is 29.3 Å². The van der Waals surface area contributed by atoms with Crippen LogP contribution in [0, 0.1) is 19.8 Å². The van der Waals surface area contributed by atoms with Crippen LogP contribution in [0.2, 0.25) is 0 Å². The second kappa shape index (κ2) is 6.24. The Kier molecular flexibility index (Phi) is 4.83. The Labute approximate surface area is 122 Å². The maximum absolute atomic E-state index is 12.7. The Morgan fingerprint density at radius 3 is 2.70 bits per heavy atom. The van der Waals surface area contributed by atoms with Crippen molar-refractivity contribution < 1.29 is 8.42 Å². The van der Waals surface area contributed by atoms with Crippen LogP contribution in [0.1, 0.15) is 24.0 Å². The molecule has 0 radical (unpaired) electrons. The standard InChI is InChI=1S/C15H24N2O2S/c1-12-6-7-15(9-13(12)2)20(18,19)17-8-4-5-14(11-17)10-16-3/h6-7,9,14,16H,4-5,8,10-11H2,1-3H3. The summed E-state index contributed by atoms with van der Waals surface area (Å²) < 4.78 is 27.1. The zero-order chi connectivity index (χ0) is 14.8. The normalized spacial score (nSPS) is 21.1. The third kappa shape index (κ3) is 3.22. The third-order valence-corrected chi connectivity index (χ3v) is 5.95. The highest BCUT2D eigenvalue weighted by Crippen LogP contribution is 2.24. The first-order chi connectivity index (χ1) is 9.45. The number of nitrogens with one attached hydrogen (secondary N) is 1. The van der Waals surface area contributed by atoms with Gasteiger partial charge in [0.15, 0.2) is 0 Å². The van der Waals surface area contributed by atoms with E-state index in [1.54, 1.807) is 16.4 Å². The maximum Gasteiger partial charge on any atom is 0.243 e. The van der Waals surface area contributed by atoms with Gasteiger partial charge in [0.1, 0.15) is 0 Å². The summed E-state index contributed by atoms with van der Waals surface area (Å²) in [5.74, 6) is 0.412. The van der Waals surface area contributed by atoms with Gasteiger partial charge in [-0.3, -0.25) is 0 Å². The van der Waals surface area contributed by atoms with Gasteiger partial charge in [0, 0.05) is 13.1 Å². The monoisotopic (exact) mass is 296 g/mol. The van der Waals surface area contributed by atoms with E-state index < -0.39 is 10.0 Å². The van der Waals surface area contributed by atoms with Crippen molar-refractivity contribution in [3.8, 4) is 0 Å². The molecule has 1 N–H and O–H groups in total. The Morgan fingerprint density at radius 2 is 2.05 bits per heavy atom. The van der Waals surface area contributed by atoms with Crippen molar-refractivity contribution in [1.82, 2.24) is 9.62 Å². The number of hydrogen-bond acceptors (Lipinski definition) is 3. The minimum atomic E-state index is -3.35. The fraction of sp³-hybridized carbons (Fsp3) is 0.600. The zero-order valence-electron chi connectivity index (χ0n) is 12.5. The van der Waals surface area contributed by atoms with Crippen LogP contribution in [0.15, 0.2) is 23.1 Å². The van der Waals surface area contributed by atoms with Gasteiger partial charge >= 0.3 is 0 Å². The van der Waals surface area contributed by atoms with Crippen LogP contribution < -0.4 is 5.32 Å². The Hall–Kier alpha value is -0.910. The first-order valence-corrected chi connectivity index (χ1v) is 8.61. The topological polar surface area (TPSA) is 49.4 Å². The summed E-state index contributed by atoms with van der Waals surface area (Å²) in [7, 11) is -1.43. The van der Waals surface area contributed by atoms with Gasteiger partial charge in [-0.1, -0.05) is 6.07 Å². The number of aryl methyl sites for hydroxylation is 2. The lowest BCUT2D eigenvalue weighted by Crippen LogP contribution is -2.42. The van der Waals surface area contributed by atoms with Crippen LogP contribution in [0.5, 0.6) is 0 Å². The van der Waals surface area contributed by atoms with Crippen molar-refractivity contribution in [1.29, 1.82) is 0 Å². The lowest BCUT2D eigenvalue weighted by Gasteiger charge is -2.32. The lowest BCUT2D eigenvalue weighted by molar-refractivity contribution is 0.263. The predicted octanol–water partition coefficient (Wildman–Crippen LogP) is 1.92. The number of piperidine rings is 1. The average Bonchev–Trinajstić information content (AvgIpc) is 2.42. The molecule has 0 amide bonds. The van der Waals surface area contributed by atoms with E-state index in [1.165, 1.54) is 0 Å². The molecule has 1 unspecified atom stereocenters. The van der Waals surface area contributed by atoms with E-state index in [1.807, 2.05) is 27.0 Å². The Balaban J connectivity index is 2.23. The number of benzene rings is 1. The molecule has 4 nitrogen and oxygen atoms in total. The number of sulfonamides is 1. The second-order valence-corrected chi connectivity index (χ2v) is 7.61. The zero-order valence-corrected chi connectivity index (χ0v) is 13.3. The highest BCUT2D eigenvalue weighted by molar-refractivity contribution is 7.89. The van der Waals surface area contributed by atoms with Crippen molar-refractivity contribution in [2.75, 3.05) is 26.7 Å². The van der Waals surface area contributed by atoms with Crippen molar-refractivity contribution >= 4 is 10.0 Å². The van der Waals surface area contributed by atoms with E-state index in [9.17, 15) is 8.42 Å². The molecule has 0 aromatic heterocycles. The summed E-state index contributed by atoms with van der Waals surface area (Å²) in [4.78, 5) is 0.422. The molecule has 5 heteroatoms. The molecule has 2 rings (SSSR count). The largest absolute Gasteiger partial charge is 0.319 e. The fourth-order valence-electron chi connectivity index (χ4n) is 2.72. The maximum atomic E-state index is 12.7. The average molecular weight is 296 g/mol. The summed E-state index contributed by atoms with van der Waals surface area (Å²) >= 11 is 0. The van der Waals surface area contributed by atoms with Gasteiger partial charge in [0.05, 0.1) is 4.90 Å². The highest BCUT2D eigenvalue weighted by atomic mass is 32.2. The molecule has 112 valence electrons. The van der Waals surface area contributed by atoms with E-state index in [2.05, 4.69) is 5.32 Å². The summed E-state index contributed by atoms with van der Waals surface area (Å²) in [6, 6.07) is 5.39. The summed E-state index contributed by atoms with van der Waals surface area (Å²) in [5, 5.41) is 3.14. The van der Waals surface area contributed by atoms with E-state index >= 15 is 0 Å². The van der Waals surface area contributed by atoms with Crippen LogP contribution in [0.3, 0.4) is 0 Å². The second-order valence-electron chi connectivity index (χ2n) is 5.68. The van der Waals surface area contributed by atoms with Crippen LogP contribution in [-0.4, -0.2) is 39.4 Å². The van der Waals surface area contributed by atoms with Gasteiger partial charge in [-0.2, -0.15) is 4.31 Å². The van der Waals surface area contributed by atoms with Gasteiger partial charge in [0.25, 0.3) is 0 Å². The third-order valence-electron chi connectivity index (χ3n) is 4.09. The fourth-order valence-corrected chi connectivity index (χ4v) is 4.36. The van der Waals surface area contributed by atoms with E-state index in [4.69, 9.17) is 0 Å². The molecule has 0 spiro atoms. The molecule has 1 aliphatic heterocycles. The van der Waals surface area contributed by atoms with E-state index in [-0.39, 0.29) is 0 Å². The van der Waals surface area contributed by atoms with Crippen LogP contribution in [0.25, 0.3) is 0 Å². The molecular formula is C15H24N2O2S. The number of nitrogens with zero attached hydrogens (tertiary/aromatic N) is 1. The number of hydrogen-bond donors (Lipinski definition) is 1. The van der Waals surface area contributed by atoms with Gasteiger partial charge in [-0.15, -0.1) is 0 Å². The summed E-state index contributed by atoms with van der Waals surface area (Å²) in [5.41, 5.74) is 2.14. The summed E-state index contributed by atoms with van der Waals surface area (Å²) in [6.45, 7) is 6.08. The van der Waals surface area contributed by atoms with Gasteiger partial charge in [-0.25, -0.2) is 8.42 Å². The van der Waals surface area contributed by atoms with Crippen molar-refractivity contribution in [2.24, 2.45) is 5.92 Å². The van der Waals surface area contributed by atoms with E-state index in [0.29, 0.717) is 23.9 Å². The van der Waals surface area contributed by atoms with Gasteiger partial charge in [-0.05, 0) is 69.5 Å². The summed E-state index contributed by atoms with van der Waals surface area (Å²) in [6.07, 6.45) is 2.04. The highest BCUT2D eigenvalue weighted by Gasteiger charge is 2.30. The molecule has 1 fully saturated rings. The molecule has 1 atom stereocenters. The smallest absolute Gasteiger partial charge is 0.243 e. The SMILES string of the molecule is CNCC1CCCN(S(=O)(=O)c2ccc(C)c(C)c2)C1. The molecule has 0 bridgehead atoms. The molecule has 1 aromatic carbocycles. The molecule has 1 heterocycles. The van der Waals surface area contributed by atoms with Gasteiger partial charge in [0.2, 0.25) is 10.0 Å². The molecule has 1 saturated heterocycles. The van der Waals surface area contributed by atoms with Crippen molar-refractivity contribution in [3.63, 3.8) is 0 Å². The van der Waals surface area contributed by atoms with Crippen LogP contribution >= 0.6 is 0 Å². The van der Waals surface area contributed by atoms with E-state index in [0.717, 1.165) is 30.5 Å². The first kappa shape index (κ1) is 15.5.